The summed E-state index contributed by atoms with van der Waals surface area (Å²) in [6, 6.07) is 0. The number of carbonyl (C=O) groups excluding carboxylic acids is 1. The second-order valence-corrected chi connectivity index (χ2v) is 1.73. The van der Waals surface area contributed by atoms with E-state index in [2.05, 4.69) is 16.4 Å². The molecule has 0 aromatic carbocycles. The molecule has 0 rings (SSSR count). The molecule has 0 fully saturated rings. The van der Waals surface area contributed by atoms with Gasteiger partial charge in [0.05, 0.1) is 7.11 Å². The van der Waals surface area contributed by atoms with Crippen LogP contribution in [0, 0.1) is 0 Å². The number of carbonyl (C=O) groups is 1. The minimum Gasteiger partial charge on any atom is -0.464 e. The SMILES string of the molecule is C=N/C(=C\C=C/C)C(=O)OC. The number of rotatable bonds is 3. The lowest BCUT2D eigenvalue weighted by molar-refractivity contribution is -0.136. The topological polar surface area (TPSA) is 38.7 Å². The smallest absolute Gasteiger partial charge is 0.356 e. The van der Waals surface area contributed by atoms with E-state index in [4.69, 9.17) is 0 Å². The number of hydrogen-bond donors (Lipinski definition) is 0. The molecule has 0 aromatic rings. The molecule has 0 saturated carbocycles. The summed E-state index contributed by atoms with van der Waals surface area (Å²) in [5, 5.41) is 0. The summed E-state index contributed by atoms with van der Waals surface area (Å²) in [7, 11) is 1.30. The molecule has 0 heterocycles. The summed E-state index contributed by atoms with van der Waals surface area (Å²) in [6.45, 7) is 5.07. The molecule has 0 amide bonds. The van der Waals surface area contributed by atoms with Crippen molar-refractivity contribution in [1.82, 2.24) is 0 Å². The summed E-state index contributed by atoms with van der Waals surface area (Å²) >= 11 is 0. The van der Waals surface area contributed by atoms with Gasteiger partial charge >= 0.3 is 5.97 Å². The van der Waals surface area contributed by atoms with E-state index in [-0.39, 0.29) is 5.70 Å². The van der Waals surface area contributed by atoms with Gasteiger partial charge in [-0.25, -0.2) is 4.79 Å². The summed E-state index contributed by atoms with van der Waals surface area (Å²) in [4.78, 5) is 14.3. The Bertz CT molecular complexity index is 204. The van der Waals surface area contributed by atoms with Gasteiger partial charge in [0.2, 0.25) is 0 Å². The normalized spacial score (nSPS) is 11.6. The lowest BCUT2D eigenvalue weighted by Gasteiger charge is -1.95. The van der Waals surface area contributed by atoms with Crippen LogP contribution in [0.5, 0.6) is 0 Å². The first-order chi connectivity index (χ1) is 5.26. The van der Waals surface area contributed by atoms with Gasteiger partial charge in [-0.1, -0.05) is 12.2 Å². The quantitative estimate of drug-likeness (QED) is 0.265. The molecule has 0 aliphatic carbocycles. The highest BCUT2D eigenvalue weighted by Crippen LogP contribution is 1.98. The molecule has 0 atom stereocenters. The Balaban J connectivity index is 4.38. The van der Waals surface area contributed by atoms with Gasteiger partial charge in [0.25, 0.3) is 0 Å². The van der Waals surface area contributed by atoms with E-state index in [1.807, 2.05) is 6.92 Å². The Labute approximate surface area is 66.1 Å². The van der Waals surface area contributed by atoms with Crippen molar-refractivity contribution in [2.24, 2.45) is 4.99 Å². The molecule has 3 heteroatoms. The lowest BCUT2D eigenvalue weighted by Crippen LogP contribution is -2.01. The molecule has 0 aromatic heterocycles. The van der Waals surface area contributed by atoms with E-state index in [9.17, 15) is 4.79 Å². The van der Waals surface area contributed by atoms with E-state index in [1.54, 1.807) is 18.2 Å². The summed E-state index contributed by atoms with van der Waals surface area (Å²) in [5.41, 5.74) is 0.214. The second kappa shape index (κ2) is 5.41. The minimum absolute atomic E-state index is 0.214. The Hall–Kier alpha value is -1.38. The van der Waals surface area contributed by atoms with E-state index in [1.165, 1.54) is 7.11 Å². The number of esters is 1. The van der Waals surface area contributed by atoms with Crippen molar-refractivity contribution in [2.45, 2.75) is 6.92 Å². The fourth-order valence-corrected chi connectivity index (χ4v) is 0.477. The van der Waals surface area contributed by atoms with Crippen LogP contribution in [0.15, 0.2) is 28.9 Å². The molecule has 3 nitrogen and oxygen atoms in total. The molecular weight excluding hydrogens is 142 g/mol. The Morgan fingerprint density at radius 3 is 2.64 bits per heavy atom. The zero-order valence-electron chi connectivity index (χ0n) is 6.70. The summed E-state index contributed by atoms with van der Waals surface area (Å²) in [6.07, 6.45) is 5.02. The summed E-state index contributed by atoms with van der Waals surface area (Å²) in [5.74, 6) is -0.474. The molecule has 0 saturated heterocycles. The number of hydrogen-bond acceptors (Lipinski definition) is 3. The van der Waals surface area contributed by atoms with Gasteiger partial charge in [0.15, 0.2) is 0 Å². The van der Waals surface area contributed by atoms with Gasteiger partial charge in [0, 0.05) is 0 Å². The maximum absolute atomic E-state index is 10.8. The average molecular weight is 153 g/mol. The Morgan fingerprint density at radius 2 is 2.27 bits per heavy atom. The standard InChI is InChI=1S/C8H11NO2/c1-4-5-6-7(9-2)8(10)11-3/h4-6H,2H2,1,3H3/b5-4-,7-6-. The fraction of sp³-hybridized carbons (Fsp3) is 0.250. The Morgan fingerprint density at radius 1 is 1.64 bits per heavy atom. The predicted octanol–water partition coefficient (Wildman–Crippen LogP) is 1.32. The third-order valence-electron chi connectivity index (χ3n) is 1.01. The molecule has 0 bridgehead atoms. The molecule has 0 aliphatic rings. The molecule has 0 N–H and O–H groups in total. The molecular formula is C8H11NO2. The van der Waals surface area contributed by atoms with Gasteiger partial charge in [-0.05, 0) is 19.7 Å². The highest BCUT2D eigenvalue weighted by Gasteiger charge is 2.03. The first kappa shape index (κ1) is 9.62. The van der Waals surface area contributed by atoms with Crippen LogP contribution in [0.4, 0.5) is 0 Å². The number of methoxy groups -OCH3 is 1. The van der Waals surface area contributed by atoms with Crippen LogP contribution in [-0.4, -0.2) is 19.8 Å². The molecule has 60 valence electrons. The fourth-order valence-electron chi connectivity index (χ4n) is 0.477. The zero-order valence-corrected chi connectivity index (χ0v) is 6.70. The van der Waals surface area contributed by atoms with Gasteiger partial charge in [-0.15, -0.1) is 0 Å². The van der Waals surface area contributed by atoms with Gasteiger partial charge < -0.3 is 4.74 Å². The predicted molar refractivity (Wildman–Crippen MR) is 44.5 cm³/mol. The van der Waals surface area contributed by atoms with E-state index >= 15 is 0 Å². The van der Waals surface area contributed by atoms with E-state index in [0.717, 1.165) is 0 Å². The largest absolute Gasteiger partial charge is 0.464 e. The third kappa shape index (κ3) is 3.35. The number of aliphatic imine (C=N–C) groups is 1. The molecule has 0 aliphatic heterocycles. The van der Waals surface area contributed by atoms with E-state index in [0.29, 0.717) is 0 Å². The number of allylic oxidation sites excluding steroid dienone is 3. The van der Waals surface area contributed by atoms with Crippen molar-refractivity contribution in [3.05, 3.63) is 23.9 Å². The van der Waals surface area contributed by atoms with Crippen LogP contribution in [0.2, 0.25) is 0 Å². The molecule has 0 radical (unpaired) electrons. The van der Waals surface area contributed by atoms with Gasteiger partial charge in [-0.3, -0.25) is 4.99 Å². The van der Waals surface area contributed by atoms with Gasteiger partial charge in [-0.2, -0.15) is 0 Å². The first-order valence-corrected chi connectivity index (χ1v) is 3.14. The van der Waals surface area contributed by atoms with Gasteiger partial charge in [0.1, 0.15) is 5.70 Å². The average Bonchev–Trinajstić information content (AvgIpc) is 2.05. The van der Waals surface area contributed by atoms with Crippen LogP contribution in [0.1, 0.15) is 6.92 Å². The van der Waals surface area contributed by atoms with Crippen LogP contribution in [0.3, 0.4) is 0 Å². The highest BCUT2D eigenvalue weighted by molar-refractivity contribution is 5.89. The van der Waals surface area contributed by atoms with Crippen molar-refractivity contribution in [1.29, 1.82) is 0 Å². The number of nitrogens with zero attached hydrogens (tertiary/aromatic N) is 1. The third-order valence-corrected chi connectivity index (χ3v) is 1.01. The molecule has 11 heavy (non-hydrogen) atoms. The maximum Gasteiger partial charge on any atom is 0.356 e. The van der Waals surface area contributed by atoms with Crippen molar-refractivity contribution >= 4 is 12.7 Å². The van der Waals surface area contributed by atoms with Crippen molar-refractivity contribution in [2.75, 3.05) is 7.11 Å². The van der Waals surface area contributed by atoms with Crippen molar-refractivity contribution in [3.8, 4) is 0 Å². The van der Waals surface area contributed by atoms with Crippen LogP contribution in [0.25, 0.3) is 0 Å². The first-order valence-electron chi connectivity index (χ1n) is 3.14. The zero-order chi connectivity index (χ0) is 8.69. The second-order valence-electron chi connectivity index (χ2n) is 1.73. The van der Waals surface area contributed by atoms with Crippen molar-refractivity contribution in [3.63, 3.8) is 0 Å². The monoisotopic (exact) mass is 153 g/mol. The van der Waals surface area contributed by atoms with Crippen molar-refractivity contribution < 1.29 is 9.53 Å². The maximum atomic E-state index is 10.8. The number of ether oxygens (including phenoxy) is 1. The molecule has 0 unspecified atom stereocenters. The lowest BCUT2D eigenvalue weighted by atomic mass is 10.4. The van der Waals surface area contributed by atoms with Crippen LogP contribution >= 0.6 is 0 Å². The highest BCUT2D eigenvalue weighted by atomic mass is 16.5. The Kier molecular flexibility index (Phi) is 4.73. The molecule has 0 spiro atoms. The summed E-state index contributed by atoms with van der Waals surface area (Å²) < 4.78 is 4.43. The van der Waals surface area contributed by atoms with E-state index < -0.39 is 5.97 Å². The minimum atomic E-state index is -0.474. The van der Waals surface area contributed by atoms with Crippen LogP contribution in [-0.2, 0) is 9.53 Å². The van der Waals surface area contributed by atoms with Crippen LogP contribution < -0.4 is 0 Å².